The Balaban J connectivity index is 1.40. The van der Waals surface area contributed by atoms with Crippen molar-refractivity contribution in [3.8, 4) is 0 Å². The summed E-state index contributed by atoms with van der Waals surface area (Å²) in [4.78, 5) is 5.13. The summed E-state index contributed by atoms with van der Waals surface area (Å²) >= 11 is 0. The molecule has 0 amide bonds. The number of anilines is 1. The Morgan fingerprint density at radius 1 is 0.735 bits per heavy atom. The Morgan fingerprint density at radius 3 is 2.00 bits per heavy atom. The van der Waals surface area contributed by atoms with Crippen molar-refractivity contribution < 1.29 is 4.74 Å². The van der Waals surface area contributed by atoms with Gasteiger partial charge in [0.05, 0.1) is 14.1 Å². The van der Waals surface area contributed by atoms with Crippen LogP contribution in [0.1, 0.15) is 11.1 Å². The standard InChI is InChI=1S/C30H27N2OP/c1-4-12-23(13-5-1)20-25-22-33-30(31-25)29-21-24-14-10-11-19-28(24)32(29)34(26-15-6-2-7-16-26)27-17-8-3-9-18-27/h1-19,25,29H,20-22H2/t25-,29-/m0/s1. The minimum atomic E-state index is -0.784. The summed E-state index contributed by atoms with van der Waals surface area (Å²) in [6.07, 6.45) is 1.84. The molecule has 2 heterocycles. The van der Waals surface area contributed by atoms with E-state index >= 15 is 0 Å². The summed E-state index contributed by atoms with van der Waals surface area (Å²) in [5.41, 5.74) is 3.97. The fourth-order valence-corrected chi connectivity index (χ4v) is 7.53. The molecule has 6 rings (SSSR count). The van der Waals surface area contributed by atoms with Crippen LogP contribution in [-0.4, -0.2) is 24.6 Å². The highest BCUT2D eigenvalue weighted by molar-refractivity contribution is 7.74. The summed E-state index contributed by atoms with van der Waals surface area (Å²) in [7, 11) is -0.784. The van der Waals surface area contributed by atoms with Crippen LogP contribution >= 0.6 is 8.07 Å². The van der Waals surface area contributed by atoms with E-state index in [1.165, 1.54) is 27.4 Å². The molecule has 34 heavy (non-hydrogen) atoms. The number of hydrogen-bond donors (Lipinski definition) is 0. The lowest BCUT2D eigenvalue weighted by Crippen LogP contribution is -2.40. The molecule has 4 heteroatoms. The van der Waals surface area contributed by atoms with Crippen molar-refractivity contribution in [2.75, 3.05) is 11.3 Å². The third-order valence-corrected chi connectivity index (χ3v) is 9.00. The Kier molecular flexibility index (Phi) is 5.87. The van der Waals surface area contributed by atoms with Gasteiger partial charge in [0.15, 0.2) is 0 Å². The number of rotatable bonds is 6. The van der Waals surface area contributed by atoms with Crippen molar-refractivity contribution in [3.05, 3.63) is 126 Å². The lowest BCUT2D eigenvalue weighted by atomic mass is 10.1. The van der Waals surface area contributed by atoms with Crippen LogP contribution in [0, 0.1) is 0 Å². The molecule has 0 unspecified atom stereocenters. The normalized spacial score (nSPS) is 19.1. The fraction of sp³-hybridized carbons (Fsp3) is 0.167. The average Bonchev–Trinajstić information content (AvgIpc) is 3.51. The van der Waals surface area contributed by atoms with Crippen LogP contribution in [0.25, 0.3) is 0 Å². The van der Waals surface area contributed by atoms with Crippen LogP contribution < -0.4 is 15.3 Å². The van der Waals surface area contributed by atoms with E-state index in [4.69, 9.17) is 9.73 Å². The smallest absolute Gasteiger partial charge is 0.207 e. The molecule has 2 aliphatic heterocycles. The molecule has 0 saturated heterocycles. The van der Waals surface area contributed by atoms with E-state index in [-0.39, 0.29) is 12.1 Å². The molecule has 4 aromatic rings. The van der Waals surface area contributed by atoms with Crippen LogP contribution in [0.2, 0.25) is 0 Å². The van der Waals surface area contributed by atoms with Gasteiger partial charge in [0.25, 0.3) is 0 Å². The third kappa shape index (κ3) is 4.13. The summed E-state index contributed by atoms with van der Waals surface area (Å²) < 4.78 is 8.92. The van der Waals surface area contributed by atoms with Crippen LogP contribution in [0.15, 0.2) is 120 Å². The monoisotopic (exact) mass is 462 g/mol. The Labute approximate surface area is 202 Å². The second kappa shape index (κ2) is 9.44. The lowest BCUT2D eigenvalue weighted by Gasteiger charge is -2.35. The second-order valence-electron chi connectivity index (χ2n) is 8.80. The predicted octanol–water partition coefficient (Wildman–Crippen LogP) is 5.51. The SMILES string of the molecule is c1ccc(C[C@H]2COC([C@@H]3Cc4ccccc4N3P(c3ccccc3)c3ccccc3)=N2)cc1. The number of hydrogen-bond acceptors (Lipinski definition) is 3. The molecule has 0 aromatic heterocycles. The molecule has 0 saturated carbocycles. The predicted molar refractivity (Wildman–Crippen MR) is 143 cm³/mol. The first-order valence-electron chi connectivity index (χ1n) is 11.9. The molecule has 2 atom stereocenters. The number of ether oxygens (including phenoxy) is 1. The first-order chi connectivity index (χ1) is 16.9. The number of aliphatic imine (C=N–C) groups is 1. The van der Waals surface area contributed by atoms with Gasteiger partial charge in [-0.3, -0.25) is 0 Å². The number of fused-ring (bicyclic) bond motifs is 1. The molecular formula is C30H27N2OP. The van der Waals surface area contributed by atoms with Gasteiger partial charge >= 0.3 is 0 Å². The van der Waals surface area contributed by atoms with Gasteiger partial charge < -0.3 is 9.41 Å². The van der Waals surface area contributed by atoms with Crippen LogP contribution in [0.4, 0.5) is 5.69 Å². The first kappa shape index (κ1) is 21.1. The van der Waals surface area contributed by atoms with Crippen molar-refractivity contribution in [1.29, 1.82) is 0 Å². The highest BCUT2D eigenvalue weighted by Gasteiger charge is 2.41. The van der Waals surface area contributed by atoms with Crippen LogP contribution in [0.5, 0.6) is 0 Å². The van der Waals surface area contributed by atoms with E-state index in [0.29, 0.717) is 6.61 Å². The van der Waals surface area contributed by atoms with E-state index < -0.39 is 8.07 Å². The van der Waals surface area contributed by atoms with Gasteiger partial charge in [-0.05, 0) is 23.6 Å². The minimum absolute atomic E-state index is 0.102. The molecule has 4 aromatic carbocycles. The van der Waals surface area contributed by atoms with Crippen molar-refractivity contribution in [1.82, 2.24) is 0 Å². The molecule has 168 valence electrons. The van der Waals surface area contributed by atoms with E-state index in [9.17, 15) is 0 Å². The molecule has 0 fully saturated rings. The molecule has 3 nitrogen and oxygen atoms in total. The maximum atomic E-state index is 6.32. The van der Waals surface area contributed by atoms with E-state index in [1.54, 1.807) is 0 Å². The zero-order chi connectivity index (χ0) is 22.7. The summed E-state index contributed by atoms with van der Waals surface area (Å²) in [6, 6.07) is 41.5. The van der Waals surface area contributed by atoms with E-state index in [1.807, 2.05) is 0 Å². The molecule has 0 N–H and O–H groups in total. The highest BCUT2D eigenvalue weighted by Crippen LogP contribution is 2.50. The topological polar surface area (TPSA) is 24.8 Å². The lowest BCUT2D eigenvalue weighted by molar-refractivity contribution is 0.306. The number of nitrogens with zero attached hydrogens (tertiary/aromatic N) is 2. The van der Waals surface area contributed by atoms with Gasteiger partial charge in [0.1, 0.15) is 12.6 Å². The summed E-state index contributed by atoms with van der Waals surface area (Å²) in [5, 5.41) is 2.68. The third-order valence-electron chi connectivity index (χ3n) is 6.50. The summed E-state index contributed by atoms with van der Waals surface area (Å²) in [6.45, 7) is 0.652. The molecule has 0 radical (unpaired) electrons. The molecular weight excluding hydrogens is 435 g/mol. The van der Waals surface area contributed by atoms with Crippen molar-refractivity contribution >= 4 is 30.3 Å². The highest BCUT2D eigenvalue weighted by atomic mass is 31.1. The maximum absolute atomic E-state index is 6.32. The number of para-hydroxylation sites is 1. The van der Waals surface area contributed by atoms with Gasteiger partial charge in [-0.15, -0.1) is 0 Å². The van der Waals surface area contributed by atoms with Crippen molar-refractivity contribution in [3.63, 3.8) is 0 Å². The van der Waals surface area contributed by atoms with Gasteiger partial charge in [0, 0.05) is 22.7 Å². The van der Waals surface area contributed by atoms with Crippen molar-refractivity contribution in [2.45, 2.75) is 24.9 Å². The van der Waals surface area contributed by atoms with Gasteiger partial charge in [-0.2, -0.15) is 0 Å². The zero-order valence-corrected chi connectivity index (χ0v) is 19.9. The molecule has 0 bridgehead atoms. The minimum Gasteiger partial charge on any atom is -0.477 e. The molecule has 0 spiro atoms. The average molecular weight is 463 g/mol. The maximum Gasteiger partial charge on any atom is 0.207 e. The van der Waals surface area contributed by atoms with Gasteiger partial charge in [-0.1, -0.05) is 109 Å². The van der Waals surface area contributed by atoms with Crippen LogP contribution in [0.3, 0.4) is 0 Å². The zero-order valence-electron chi connectivity index (χ0n) is 19.0. The second-order valence-corrected chi connectivity index (χ2v) is 10.9. The van der Waals surface area contributed by atoms with Gasteiger partial charge in [0.2, 0.25) is 5.90 Å². The Bertz CT molecular complexity index is 1240. The van der Waals surface area contributed by atoms with E-state index in [0.717, 1.165) is 18.7 Å². The Hall–Kier alpha value is -3.42. The quantitative estimate of drug-likeness (QED) is 0.353. The van der Waals surface area contributed by atoms with Gasteiger partial charge in [-0.25, -0.2) is 4.99 Å². The largest absolute Gasteiger partial charge is 0.477 e. The summed E-state index contributed by atoms with van der Waals surface area (Å²) in [5.74, 6) is 0.886. The Morgan fingerprint density at radius 2 is 1.32 bits per heavy atom. The van der Waals surface area contributed by atoms with Crippen molar-refractivity contribution in [2.24, 2.45) is 4.99 Å². The number of benzene rings is 4. The fourth-order valence-electron chi connectivity index (χ4n) is 4.95. The molecule has 0 aliphatic carbocycles. The van der Waals surface area contributed by atoms with Crippen LogP contribution in [-0.2, 0) is 17.6 Å². The first-order valence-corrected chi connectivity index (χ1v) is 13.2. The molecule has 2 aliphatic rings. The van der Waals surface area contributed by atoms with E-state index in [2.05, 4.69) is 120 Å².